The molecule has 3 aromatic rings. The van der Waals surface area contributed by atoms with Gasteiger partial charge in [-0.25, -0.2) is 0 Å². The van der Waals surface area contributed by atoms with Crippen LogP contribution >= 0.6 is 23.1 Å². The minimum absolute atomic E-state index is 0.148. The number of ether oxygens (including phenoxy) is 2. The summed E-state index contributed by atoms with van der Waals surface area (Å²) in [6.45, 7) is 5.10. The molecule has 0 atom stereocenters. The molecule has 1 N–H and O–H groups in total. The molecule has 0 aliphatic carbocycles. The van der Waals surface area contributed by atoms with E-state index in [4.69, 9.17) is 9.47 Å². The third-order valence-corrected chi connectivity index (χ3v) is 6.55. The number of aromatic nitrogens is 3. The summed E-state index contributed by atoms with van der Waals surface area (Å²) in [7, 11) is 3.15. The van der Waals surface area contributed by atoms with Crippen LogP contribution in [0.5, 0.6) is 11.5 Å². The molecule has 166 valence electrons. The third kappa shape index (κ3) is 5.80. The van der Waals surface area contributed by atoms with E-state index in [1.165, 1.54) is 16.6 Å². The first-order chi connectivity index (χ1) is 15.1. The van der Waals surface area contributed by atoms with E-state index >= 15 is 0 Å². The predicted molar refractivity (Wildman–Crippen MR) is 127 cm³/mol. The summed E-state index contributed by atoms with van der Waals surface area (Å²) in [5.41, 5.74) is 1.66. The van der Waals surface area contributed by atoms with Crippen molar-refractivity contribution in [3.05, 3.63) is 34.5 Å². The number of anilines is 1. The summed E-state index contributed by atoms with van der Waals surface area (Å²) in [6.07, 6.45) is 3.15. The molecule has 31 heavy (non-hydrogen) atoms. The Hall–Kier alpha value is -2.52. The fourth-order valence-electron chi connectivity index (χ4n) is 3.14. The van der Waals surface area contributed by atoms with Gasteiger partial charge in [-0.05, 0) is 31.0 Å². The minimum atomic E-state index is -0.148. The van der Waals surface area contributed by atoms with Crippen LogP contribution < -0.4 is 14.8 Å². The molecule has 0 aliphatic heterocycles. The zero-order chi connectivity index (χ0) is 22.2. The van der Waals surface area contributed by atoms with E-state index in [-0.39, 0.29) is 11.7 Å². The number of hydrogen-bond acceptors (Lipinski definition) is 7. The van der Waals surface area contributed by atoms with Crippen LogP contribution in [0.25, 0.3) is 11.4 Å². The highest BCUT2D eigenvalue weighted by molar-refractivity contribution is 7.99. The summed E-state index contributed by atoms with van der Waals surface area (Å²) in [5.74, 6) is 2.15. The second kappa shape index (κ2) is 11.2. The lowest BCUT2D eigenvalue weighted by Gasteiger charge is -2.12. The standard InChI is InChI=1S/C22H28N4O3S2/c1-5-7-17-11-15(13-30-17)21-24-25-22(26(21)10-6-2)31-14-20(27)23-18-12-16(28-3)8-9-19(18)29-4/h8-9,11-13H,5-7,10,14H2,1-4H3,(H,23,27). The van der Waals surface area contributed by atoms with Crippen LogP contribution in [0, 0.1) is 0 Å². The molecule has 9 heteroatoms. The summed E-state index contributed by atoms with van der Waals surface area (Å²) in [5, 5.41) is 14.6. The maximum atomic E-state index is 12.6. The molecule has 2 heterocycles. The van der Waals surface area contributed by atoms with Gasteiger partial charge in [0.15, 0.2) is 11.0 Å². The number of nitrogens with one attached hydrogen (secondary N) is 1. The number of aryl methyl sites for hydroxylation is 1. The first-order valence-corrected chi connectivity index (χ1v) is 12.1. The maximum Gasteiger partial charge on any atom is 0.234 e. The Morgan fingerprint density at radius 3 is 2.71 bits per heavy atom. The number of carbonyl (C=O) groups excluding carboxylic acids is 1. The Kier molecular flexibility index (Phi) is 8.36. The molecule has 0 spiro atoms. The second-order valence-electron chi connectivity index (χ2n) is 6.91. The van der Waals surface area contributed by atoms with Gasteiger partial charge in [-0.1, -0.05) is 32.0 Å². The number of hydrogen-bond donors (Lipinski definition) is 1. The van der Waals surface area contributed by atoms with E-state index < -0.39 is 0 Å². The molecule has 7 nitrogen and oxygen atoms in total. The molecule has 1 aromatic carbocycles. The van der Waals surface area contributed by atoms with Crippen molar-refractivity contribution in [2.45, 2.75) is 44.8 Å². The molecule has 3 rings (SSSR count). The zero-order valence-electron chi connectivity index (χ0n) is 18.3. The maximum absolute atomic E-state index is 12.6. The lowest BCUT2D eigenvalue weighted by atomic mass is 10.2. The van der Waals surface area contributed by atoms with Crippen molar-refractivity contribution in [1.82, 2.24) is 14.8 Å². The second-order valence-corrected chi connectivity index (χ2v) is 8.85. The van der Waals surface area contributed by atoms with Gasteiger partial charge in [0, 0.05) is 28.4 Å². The van der Waals surface area contributed by atoms with Crippen molar-refractivity contribution in [2.75, 3.05) is 25.3 Å². The first-order valence-electron chi connectivity index (χ1n) is 10.2. The first kappa shape index (κ1) is 23.1. The highest BCUT2D eigenvalue weighted by Crippen LogP contribution is 2.31. The smallest absolute Gasteiger partial charge is 0.234 e. The SMILES string of the molecule is CCCc1cc(-c2nnc(SCC(=O)Nc3cc(OC)ccc3OC)n2CCC)cs1. The number of benzene rings is 1. The molecule has 0 fully saturated rings. The van der Waals surface area contributed by atoms with Crippen LogP contribution in [0.2, 0.25) is 0 Å². The summed E-state index contributed by atoms with van der Waals surface area (Å²) in [4.78, 5) is 13.9. The molecular weight excluding hydrogens is 432 g/mol. The average molecular weight is 461 g/mol. The van der Waals surface area contributed by atoms with Crippen molar-refractivity contribution in [2.24, 2.45) is 0 Å². The van der Waals surface area contributed by atoms with Crippen LogP contribution in [0.3, 0.4) is 0 Å². The van der Waals surface area contributed by atoms with E-state index in [1.54, 1.807) is 43.8 Å². The summed E-state index contributed by atoms with van der Waals surface area (Å²) >= 11 is 3.14. The Morgan fingerprint density at radius 2 is 2.00 bits per heavy atom. The van der Waals surface area contributed by atoms with E-state index in [2.05, 4.69) is 45.4 Å². The highest BCUT2D eigenvalue weighted by Gasteiger charge is 2.17. The van der Waals surface area contributed by atoms with Crippen LogP contribution in [-0.4, -0.2) is 40.6 Å². The monoisotopic (exact) mass is 460 g/mol. The third-order valence-electron chi connectivity index (χ3n) is 4.59. The molecular formula is C22H28N4O3S2. The van der Waals surface area contributed by atoms with Crippen molar-refractivity contribution in [3.8, 4) is 22.9 Å². The predicted octanol–water partition coefficient (Wildman–Crippen LogP) is 5.12. The number of amides is 1. The molecule has 0 unspecified atom stereocenters. The molecule has 0 aliphatic rings. The summed E-state index contributed by atoms with van der Waals surface area (Å²) in [6, 6.07) is 7.48. The van der Waals surface area contributed by atoms with Crippen LogP contribution in [-0.2, 0) is 17.8 Å². The van der Waals surface area contributed by atoms with Gasteiger partial charge in [-0.2, -0.15) is 0 Å². The Labute approximate surface area is 191 Å². The Morgan fingerprint density at radius 1 is 1.16 bits per heavy atom. The fraction of sp³-hybridized carbons (Fsp3) is 0.409. The van der Waals surface area contributed by atoms with Gasteiger partial charge in [-0.3, -0.25) is 4.79 Å². The van der Waals surface area contributed by atoms with E-state index in [1.807, 2.05) is 0 Å². The molecule has 0 radical (unpaired) electrons. The number of nitrogens with zero attached hydrogens (tertiary/aromatic N) is 3. The Bertz CT molecular complexity index is 1020. The number of thioether (sulfide) groups is 1. The van der Waals surface area contributed by atoms with E-state index in [0.29, 0.717) is 17.2 Å². The number of thiophene rings is 1. The van der Waals surface area contributed by atoms with Gasteiger partial charge in [-0.15, -0.1) is 21.5 Å². The Balaban J connectivity index is 1.71. The molecule has 0 bridgehead atoms. The van der Waals surface area contributed by atoms with Gasteiger partial charge in [0.05, 0.1) is 25.7 Å². The van der Waals surface area contributed by atoms with E-state index in [0.717, 1.165) is 42.4 Å². The fourth-order valence-corrected chi connectivity index (χ4v) is 4.87. The lowest BCUT2D eigenvalue weighted by Crippen LogP contribution is -2.15. The number of methoxy groups -OCH3 is 2. The van der Waals surface area contributed by atoms with Gasteiger partial charge >= 0.3 is 0 Å². The molecule has 1 amide bonds. The van der Waals surface area contributed by atoms with Gasteiger partial charge in [0.1, 0.15) is 11.5 Å². The normalized spacial score (nSPS) is 10.8. The topological polar surface area (TPSA) is 78.3 Å². The largest absolute Gasteiger partial charge is 0.497 e. The van der Waals surface area contributed by atoms with Crippen molar-refractivity contribution in [1.29, 1.82) is 0 Å². The van der Waals surface area contributed by atoms with Crippen molar-refractivity contribution in [3.63, 3.8) is 0 Å². The quantitative estimate of drug-likeness (QED) is 0.400. The highest BCUT2D eigenvalue weighted by atomic mass is 32.2. The van der Waals surface area contributed by atoms with Crippen molar-refractivity contribution < 1.29 is 14.3 Å². The molecule has 2 aromatic heterocycles. The molecule has 0 saturated carbocycles. The molecule has 0 saturated heterocycles. The van der Waals surface area contributed by atoms with Gasteiger partial charge < -0.3 is 19.4 Å². The number of rotatable bonds is 11. The average Bonchev–Trinajstić information content (AvgIpc) is 3.39. The van der Waals surface area contributed by atoms with Crippen molar-refractivity contribution >= 4 is 34.7 Å². The van der Waals surface area contributed by atoms with Crippen LogP contribution in [0.15, 0.2) is 34.8 Å². The van der Waals surface area contributed by atoms with Crippen LogP contribution in [0.4, 0.5) is 5.69 Å². The number of carbonyl (C=O) groups is 1. The zero-order valence-corrected chi connectivity index (χ0v) is 19.9. The van der Waals surface area contributed by atoms with Gasteiger partial charge in [0.25, 0.3) is 0 Å². The lowest BCUT2D eigenvalue weighted by molar-refractivity contribution is -0.113. The van der Waals surface area contributed by atoms with E-state index in [9.17, 15) is 4.79 Å². The van der Waals surface area contributed by atoms with Gasteiger partial charge in [0.2, 0.25) is 5.91 Å². The summed E-state index contributed by atoms with van der Waals surface area (Å²) < 4.78 is 12.7. The van der Waals surface area contributed by atoms with Crippen LogP contribution in [0.1, 0.15) is 31.6 Å². The minimum Gasteiger partial charge on any atom is -0.497 e.